The summed E-state index contributed by atoms with van der Waals surface area (Å²) < 4.78 is 44.6. The monoisotopic (exact) mass is 384 g/mol. The fourth-order valence-electron chi connectivity index (χ4n) is 7.36. The van der Waals surface area contributed by atoms with E-state index in [1.165, 1.54) is 38.5 Å². The highest BCUT2D eigenvalue weighted by Crippen LogP contribution is 2.52. The van der Waals surface area contributed by atoms with Gasteiger partial charge in [-0.15, -0.1) is 0 Å². The van der Waals surface area contributed by atoms with Gasteiger partial charge in [0.05, 0.1) is 0 Å². The van der Waals surface area contributed by atoms with Crippen LogP contribution >= 0.6 is 0 Å². The molecule has 27 heavy (non-hydrogen) atoms. The van der Waals surface area contributed by atoms with Crippen LogP contribution in [0.15, 0.2) is 0 Å². The van der Waals surface area contributed by atoms with Crippen molar-refractivity contribution in [3.63, 3.8) is 0 Å². The number of fused-ring (bicyclic) bond motifs is 1. The minimum Gasteiger partial charge on any atom is -0.247 e. The molecule has 0 spiro atoms. The lowest BCUT2D eigenvalue weighted by molar-refractivity contribution is -0.0962. The Morgan fingerprint density at radius 3 is 1.67 bits per heavy atom. The Labute approximate surface area is 164 Å². The van der Waals surface area contributed by atoms with Crippen molar-refractivity contribution in [2.75, 3.05) is 0 Å². The van der Waals surface area contributed by atoms with Crippen LogP contribution in [0.3, 0.4) is 0 Å². The molecule has 0 heterocycles. The summed E-state index contributed by atoms with van der Waals surface area (Å²) in [6.07, 6.45) is 8.34. The summed E-state index contributed by atoms with van der Waals surface area (Å²) in [7, 11) is 0. The third-order valence-corrected chi connectivity index (χ3v) is 9.25. The number of hydrogen-bond donors (Lipinski definition) is 0. The zero-order valence-corrected chi connectivity index (χ0v) is 17.3. The molecule has 7 unspecified atom stereocenters. The van der Waals surface area contributed by atoms with Gasteiger partial charge < -0.3 is 0 Å². The lowest BCUT2D eigenvalue weighted by Crippen LogP contribution is -2.52. The largest absolute Gasteiger partial charge is 0.247 e. The van der Waals surface area contributed by atoms with Crippen LogP contribution in [0.2, 0.25) is 0 Å². The Bertz CT molecular complexity index is 476. The quantitative estimate of drug-likeness (QED) is 0.468. The van der Waals surface area contributed by atoms with Gasteiger partial charge in [0.2, 0.25) is 0 Å². The first-order valence-electron chi connectivity index (χ1n) is 11.9. The molecule has 0 radical (unpaired) electrons. The molecular weight excluding hydrogens is 345 g/mol. The SMILES string of the molecule is CC1CCC(C2CCC(C3CC4CCC(C)C(F)C4C(F)C3F)CC2)CC1. The fraction of sp³-hybridized carbons (Fsp3) is 1.00. The van der Waals surface area contributed by atoms with E-state index in [-0.39, 0.29) is 17.8 Å². The summed E-state index contributed by atoms with van der Waals surface area (Å²) >= 11 is 0. The average Bonchev–Trinajstić information content (AvgIpc) is 2.68. The number of alkyl halides is 3. The highest BCUT2D eigenvalue weighted by atomic mass is 19.2. The second kappa shape index (κ2) is 8.27. The summed E-state index contributed by atoms with van der Waals surface area (Å²) in [5.41, 5.74) is 0. The molecule has 0 aliphatic heterocycles. The topological polar surface area (TPSA) is 0 Å². The zero-order valence-electron chi connectivity index (χ0n) is 17.3. The van der Waals surface area contributed by atoms with Crippen LogP contribution < -0.4 is 0 Å². The first-order valence-corrected chi connectivity index (χ1v) is 11.9. The highest BCUT2D eigenvalue weighted by Gasteiger charge is 2.53. The molecule has 4 aliphatic rings. The summed E-state index contributed by atoms with van der Waals surface area (Å²) in [6.45, 7) is 4.23. The van der Waals surface area contributed by atoms with Crippen molar-refractivity contribution in [3.05, 3.63) is 0 Å². The number of halogens is 3. The first-order chi connectivity index (χ1) is 13.0. The predicted molar refractivity (Wildman–Crippen MR) is 105 cm³/mol. The van der Waals surface area contributed by atoms with Gasteiger partial charge in [-0.05, 0) is 99.2 Å². The molecule has 0 aromatic carbocycles. The van der Waals surface area contributed by atoms with E-state index in [0.29, 0.717) is 5.92 Å². The lowest BCUT2D eigenvalue weighted by atomic mass is 9.58. The van der Waals surface area contributed by atoms with E-state index < -0.39 is 24.4 Å². The lowest BCUT2D eigenvalue weighted by Gasteiger charge is -2.49. The molecule has 0 aromatic heterocycles. The Morgan fingerprint density at radius 1 is 0.519 bits per heavy atom. The van der Waals surface area contributed by atoms with Crippen molar-refractivity contribution in [2.24, 2.45) is 47.3 Å². The van der Waals surface area contributed by atoms with E-state index in [1.807, 2.05) is 6.92 Å². The maximum absolute atomic E-state index is 15.1. The van der Waals surface area contributed by atoms with Gasteiger partial charge in [0, 0.05) is 5.92 Å². The van der Waals surface area contributed by atoms with Crippen LogP contribution in [0.1, 0.15) is 84.5 Å². The van der Waals surface area contributed by atoms with Gasteiger partial charge in [-0.25, -0.2) is 13.2 Å². The maximum Gasteiger partial charge on any atom is 0.137 e. The third kappa shape index (κ3) is 3.95. The smallest absolute Gasteiger partial charge is 0.137 e. The standard InChI is InChI=1S/C24H39F3/c1-14-3-6-16(7-4-14)17-9-11-18(12-10-17)20-13-19-8-5-15(2)22(25)21(19)24(27)23(20)26/h14-24H,3-13H2,1-2H3. The van der Waals surface area contributed by atoms with Gasteiger partial charge in [-0.1, -0.05) is 26.7 Å². The second-order valence-electron chi connectivity index (χ2n) is 10.8. The molecule has 0 nitrogen and oxygen atoms in total. The molecule has 0 aromatic rings. The Balaban J connectivity index is 1.34. The maximum atomic E-state index is 15.1. The van der Waals surface area contributed by atoms with E-state index in [0.717, 1.165) is 49.9 Å². The van der Waals surface area contributed by atoms with E-state index in [1.54, 1.807) is 0 Å². The normalized spacial score (nSPS) is 54.3. The minimum atomic E-state index is -1.58. The van der Waals surface area contributed by atoms with Crippen molar-refractivity contribution in [3.8, 4) is 0 Å². The van der Waals surface area contributed by atoms with E-state index in [9.17, 15) is 8.78 Å². The van der Waals surface area contributed by atoms with Crippen LogP contribution in [0, 0.1) is 47.3 Å². The molecule has 0 N–H and O–H groups in total. The fourth-order valence-corrected chi connectivity index (χ4v) is 7.36. The third-order valence-electron chi connectivity index (χ3n) is 9.25. The average molecular weight is 385 g/mol. The van der Waals surface area contributed by atoms with Crippen molar-refractivity contribution < 1.29 is 13.2 Å². The Morgan fingerprint density at radius 2 is 1.04 bits per heavy atom. The van der Waals surface area contributed by atoms with Crippen LogP contribution in [0.5, 0.6) is 0 Å². The molecule has 0 amide bonds. The molecule has 0 saturated heterocycles. The highest BCUT2D eigenvalue weighted by molar-refractivity contribution is 5.01. The van der Waals surface area contributed by atoms with Crippen molar-refractivity contribution in [2.45, 2.75) is 103 Å². The van der Waals surface area contributed by atoms with Crippen LogP contribution in [-0.4, -0.2) is 18.5 Å². The summed E-state index contributed by atoms with van der Waals surface area (Å²) in [5.74, 6) is 2.03. The summed E-state index contributed by atoms with van der Waals surface area (Å²) in [4.78, 5) is 0. The predicted octanol–water partition coefficient (Wildman–Crippen LogP) is 7.32. The minimum absolute atomic E-state index is 0.0701. The van der Waals surface area contributed by atoms with E-state index in [2.05, 4.69) is 6.92 Å². The van der Waals surface area contributed by atoms with Crippen molar-refractivity contribution >= 4 is 0 Å². The molecule has 4 saturated carbocycles. The van der Waals surface area contributed by atoms with Crippen molar-refractivity contribution in [1.82, 2.24) is 0 Å². The van der Waals surface area contributed by atoms with Gasteiger partial charge in [0.15, 0.2) is 0 Å². The first kappa shape index (κ1) is 20.1. The zero-order chi connectivity index (χ0) is 19.1. The summed E-state index contributed by atoms with van der Waals surface area (Å²) in [5, 5.41) is 0. The summed E-state index contributed by atoms with van der Waals surface area (Å²) in [6, 6.07) is 0. The van der Waals surface area contributed by atoms with Crippen LogP contribution in [-0.2, 0) is 0 Å². The number of rotatable bonds is 2. The van der Waals surface area contributed by atoms with Gasteiger partial charge in [-0.3, -0.25) is 0 Å². The molecule has 7 atom stereocenters. The molecule has 4 rings (SSSR count). The Kier molecular flexibility index (Phi) is 6.15. The molecule has 3 heteroatoms. The molecular formula is C24H39F3. The molecule has 4 aliphatic carbocycles. The van der Waals surface area contributed by atoms with Gasteiger partial charge >= 0.3 is 0 Å². The number of hydrogen-bond acceptors (Lipinski definition) is 0. The van der Waals surface area contributed by atoms with Gasteiger partial charge in [0.1, 0.15) is 18.5 Å². The van der Waals surface area contributed by atoms with E-state index >= 15 is 4.39 Å². The van der Waals surface area contributed by atoms with E-state index in [4.69, 9.17) is 0 Å². The van der Waals surface area contributed by atoms with Crippen LogP contribution in [0.25, 0.3) is 0 Å². The molecule has 156 valence electrons. The van der Waals surface area contributed by atoms with Gasteiger partial charge in [-0.2, -0.15) is 0 Å². The second-order valence-corrected chi connectivity index (χ2v) is 10.8. The van der Waals surface area contributed by atoms with Crippen molar-refractivity contribution in [1.29, 1.82) is 0 Å². The van der Waals surface area contributed by atoms with Gasteiger partial charge in [0.25, 0.3) is 0 Å². The van der Waals surface area contributed by atoms with Crippen LogP contribution in [0.4, 0.5) is 13.2 Å². The Hall–Kier alpha value is -0.210. The molecule has 0 bridgehead atoms. The molecule has 4 fully saturated rings.